The predicted molar refractivity (Wildman–Crippen MR) is 74.4 cm³/mol. The molecule has 6 nitrogen and oxygen atoms in total. The lowest BCUT2D eigenvalue weighted by Gasteiger charge is -2.23. The van der Waals surface area contributed by atoms with Crippen LogP contribution in [0.2, 0.25) is 0 Å². The van der Waals surface area contributed by atoms with Crippen LogP contribution in [0.25, 0.3) is 0 Å². The van der Waals surface area contributed by atoms with Gasteiger partial charge in [-0.25, -0.2) is 9.59 Å². The minimum atomic E-state index is -1.07. The van der Waals surface area contributed by atoms with Crippen molar-refractivity contribution in [2.75, 3.05) is 11.9 Å². The molecule has 0 radical (unpaired) electrons. The second-order valence-corrected chi connectivity index (χ2v) is 4.73. The van der Waals surface area contributed by atoms with Crippen molar-refractivity contribution in [3.05, 3.63) is 29.8 Å². The van der Waals surface area contributed by atoms with E-state index in [-0.39, 0.29) is 5.92 Å². The molecule has 0 spiro atoms. The number of benzene rings is 1. The van der Waals surface area contributed by atoms with E-state index in [4.69, 9.17) is 10.4 Å². The molecule has 106 valence electrons. The van der Waals surface area contributed by atoms with E-state index in [2.05, 4.69) is 5.32 Å². The number of amides is 2. The summed E-state index contributed by atoms with van der Waals surface area (Å²) < 4.78 is 0. The van der Waals surface area contributed by atoms with Crippen molar-refractivity contribution < 1.29 is 14.7 Å². The highest BCUT2D eigenvalue weighted by Gasteiger charge is 2.25. The molecule has 0 heterocycles. The van der Waals surface area contributed by atoms with Crippen LogP contribution in [-0.4, -0.2) is 30.2 Å². The molecule has 0 fully saturated rings. The van der Waals surface area contributed by atoms with E-state index in [0.717, 1.165) is 0 Å². The van der Waals surface area contributed by atoms with Crippen molar-refractivity contribution >= 4 is 17.7 Å². The molecule has 2 N–H and O–H groups in total. The molecule has 0 unspecified atom stereocenters. The molecule has 0 aliphatic rings. The second-order valence-electron chi connectivity index (χ2n) is 4.73. The van der Waals surface area contributed by atoms with Gasteiger partial charge < -0.3 is 10.4 Å². The standard InChI is InChI=1S/C14H17N3O3/c1-9(2)12(13(18)19)16-14(20)17(3)11-6-4-10(8-15)5-7-11/h4-7,9,12H,1-3H3,(H,16,20)(H,18,19)/t12-/m1/s1. The number of urea groups is 1. The summed E-state index contributed by atoms with van der Waals surface area (Å²) in [5, 5.41) is 20.2. The minimum Gasteiger partial charge on any atom is -0.480 e. The third kappa shape index (κ3) is 3.72. The molecule has 0 saturated heterocycles. The van der Waals surface area contributed by atoms with Gasteiger partial charge in [0, 0.05) is 12.7 Å². The summed E-state index contributed by atoms with van der Waals surface area (Å²) in [5.41, 5.74) is 1.07. The summed E-state index contributed by atoms with van der Waals surface area (Å²) >= 11 is 0. The summed E-state index contributed by atoms with van der Waals surface area (Å²) in [7, 11) is 1.54. The molecule has 2 amide bonds. The van der Waals surface area contributed by atoms with Crippen molar-refractivity contribution in [3.63, 3.8) is 0 Å². The fourth-order valence-corrected chi connectivity index (χ4v) is 1.62. The second kappa shape index (κ2) is 6.57. The van der Waals surface area contributed by atoms with E-state index >= 15 is 0 Å². The lowest BCUT2D eigenvalue weighted by Crippen LogP contribution is -2.49. The van der Waals surface area contributed by atoms with Gasteiger partial charge in [-0.1, -0.05) is 13.8 Å². The molecule has 1 aromatic rings. The van der Waals surface area contributed by atoms with E-state index in [1.807, 2.05) is 6.07 Å². The lowest BCUT2D eigenvalue weighted by molar-refractivity contribution is -0.140. The molecule has 1 atom stereocenters. The van der Waals surface area contributed by atoms with Crippen molar-refractivity contribution in [1.29, 1.82) is 5.26 Å². The van der Waals surface area contributed by atoms with Crippen molar-refractivity contribution in [2.24, 2.45) is 5.92 Å². The maximum absolute atomic E-state index is 12.0. The Balaban J connectivity index is 2.80. The van der Waals surface area contributed by atoms with E-state index in [1.165, 1.54) is 11.9 Å². The Kier molecular flexibility index (Phi) is 5.09. The molecule has 6 heteroatoms. The smallest absolute Gasteiger partial charge is 0.326 e. The number of carboxylic acids is 1. The summed E-state index contributed by atoms with van der Waals surface area (Å²) in [5.74, 6) is -1.28. The summed E-state index contributed by atoms with van der Waals surface area (Å²) in [6.45, 7) is 3.45. The number of aliphatic carboxylic acids is 1. The number of nitriles is 1. The number of nitrogens with one attached hydrogen (secondary N) is 1. The Morgan fingerprint density at radius 2 is 1.85 bits per heavy atom. The van der Waals surface area contributed by atoms with Gasteiger partial charge in [-0.15, -0.1) is 0 Å². The molecule has 0 aliphatic heterocycles. The van der Waals surface area contributed by atoms with Gasteiger partial charge in [0.15, 0.2) is 0 Å². The van der Waals surface area contributed by atoms with Crippen LogP contribution in [0.1, 0.15) is 19.4 Å². The third-order valence-electron chi connectivity index (χ3n) is 2.90. The van der Waals surface area contributed by atoms with Crippen molar-refractivity contribution in [3.8, 4) is 6.07 Å². The number of carboxylic acid groups (broad SMARTS) is 1. The Hall–Kier alpha value is -2.55. The Bertz CT molecular complexity index is 532. The average Bonchev–Trinajstić information content (AvgIpc) is 2.43. The Morgan fingerprint density at radius 3 is 2.25 bits per heavy atom. The van der Waals surface area contributed by atoms with Crippen molar-refractivity contribution in [1.82, 2.24) is 5.32 Å². The Morgan fingerprint density at radius 1 is 1.30 bits per heavy atom. The predicted octanol–water partition coefficient (Wildman–Crippen LogP) is 1.81. The van der Waals surface area contributed by atoms with Gasteiger partial charge in [0.25, 0.3) is 0 Å². The Labute approximate surface area is 117 Å². The van der Waals surface area contributed by atoms with E-state index in [9.17, 15) is 9.59 Å². The number of hydrogen-bond acceptors (Lipinski definition) is 3. The van der Waals surface area contributed by atoms with E-state index < -0.39 is 18.0 Å². The first-order chi connectivity index (χ1) is 9.36. The van der Waals surface area contributed by atoms with Crippen LogP contribution in [0.4, 0.5) is 10.5 Å². The number of nitrogens with zero attached hydrogens (tertiary/aromatic N) is 2. The quantitative estimate of drug-likeness (QED) is 0.876. The van der Waals surface area contributed by atoms with Crippen LogP contribution in [0.15, 0.2) is 24.3 Å². The molecule has 0 bridgehead atoms. The van der Waals surface area contributed by atoms with E-state index in [1.54, 1.807) is 38.1 Å². The van der Waals surface area contributed by atoms with Gasteiger partial charge >= 0.3 is 12.0 Å². The molecule has 0 saturated carbocycles. The monoisotopic (exact) mass is 275 g/mol. The minimum absolute atomic E-state index is 0.217. The van der Waals surface area contributed by atoms with Gasteiger partial charge in [0.05, 0.1) is 11.6 Å². The molecular formula is C14H17N3O3. The third-order valence-corrected chi connectivity index (χ3v) is 2.90. The highest BCUT2D eigenvalue weighted by Crippen LogP contribution is 2.14. The van der Waals surface area contributed by atoms with Crippen LogP contribution in [0, 0.1) is 17.2 Å². The number of rotatable bonds is 4. The first-order valence-electron chi connectivity index (χ1n) is 6.14. The molecule has 0 aromatic heterocycles. The molecule has 1 rings (SSSR count). The largest absolute Gasteiger partial charge is 0.480 e. The summed E-state index contributed by atoms with van der Waals surface area (Å²) in [6.07, 6.45) is 0. The first kappa shape index (κ1) is 15.5. The van der Waals surface area contributed by atoms with Crippen LogP contribution >= 0.6 is 0 Å². The van der Waals surface area contributed by atoms with Gasteiger partial charge in [-0.2, -0.15) is 5.26 Å². The van der Waals surface area contributed by atoms with Gasteiger partial charge in [-0.3, -0.25) is 4.90 Å². The number of carbonyl (C=O) groups is 2. The van der Waals surface area contributed by atoms with E-state index in [0.29, 0.717) is 11.3 Å². The molecular weight excluding hydrogens is 258 g/mol. The van der Waals surface area contributed by atoms with Gasteiger partial charge in [-0.05, 0) is 30.2 Å². The summed E-state index contributed by atoms with van der Waals surface area (Å²) in [4.78, 5) is 24.4. The van der Waals surface area contributed by atoms with Crippen LogP contribution < -0.4 is 10.2 Å². The highest BCUT2D eigenvalue weighted by atomic mass is 16.4. The van der Waals surface area contributed by atoms with Crippen LogP contribution in [-0.2, 0) is 4.79 Å². The normalized spacial score (nSPS) is 11.6. The van der Waals surface area contributed by atoms with Crippen molar-refractivity contribution in [2.45, 2.75) is 19.9 Å². The zero-order valence-electron chi connectivity index (χ0n) is 11.6. The number of hydrogen-bond donors (Lipinski definition) is 2. The maximum Gasteiger partial charge on any atom is 0.326 e. The highest BCUT2D eigenvalue weighted by molar-refractivity contribution is 5.94. The van der Waals surface area contributed by atoms with Gasteiger partial charge in [0.1, 0.15) is 6.04 Å². The fourth-order valence-electron chi connectivity index (χ4n) is 1.62. The zero-order valence-corrected chi connectivity index (χ0v) is 11.6. The first-order valence-corrected chi connectivity index (χ1v) is 6.14. The zero-order chi connectivity index (χ0) is 15.3. The van der Waals surface area contributed by atoms with Gasteiger partial charge in [0.2, 0.25) is 0 Å². The molecule has 0 aliphatic carbocycles. The number of anilines is 1. The maximum atomic E-state index is 12.0. The van der Waals surface area contributed by atoms with Crippen LogP contribution in [0.3, 0.4) is 0 Å². The molecule has 1 aromatic carbocycles. The van der Waals surface area contributed by atoms with Crippen LogP contribution in [0.5, 0.6) is 0 Å². The molecule has 20 heavy (non-hydrogen) atoms. The topological polar surface area (TPSA) is 93.4 Å². The number of carbonyl (C=O) groups excluding carboxylic acids is 1. The SMILES string of the molecule is CC(C)[C@@H](NC(=O)N(C)c1ccc(C#N)cc1)C(=O)O. The fraction of sp³-hybridized carbons (Fsp3) is 0.357. The average molecular weight is 275 g/mol. The summed E-state index contributed by atoms with van der Waals surface area (Å²) in [6, 6.07) is 6.99. The lowest BCUT2D eigenvalue weighted by atomic mass is 10.1.